The van der Waals surface area contributed by atoms with Crippen LogP contribution in [0.4, 0.5) is 13.2 Å². The van der Waals surface area contributed by atoms with Crippen LogP contribution in [0.3, 0.4) is 0 Å². The van der Waals surface area contributed by atoms with Crippen LogP contribution < -0.4 is 10.1 Å². The second kappa shape index (κ2) is 8.28. The number of aromatic nitrogens is 1. The highest BCUT2D eigenvalue weighted by Crippen LogP contribution is 2.42. The Morgan fingerprint density at radius 1 is 1.24 bits per heavy atom. The summed E-state index contributed by atoms with van der Waals surface area (Å²) in [6.45, 7) is 1.64. The molecule has 0 spiro atoms. The van der Waals surface area contributed by atoms with E-state index >= 15 is 0 Å². The Bertz CT molecular complexity index is 979. The lowest BCUT2D eigenvalue weighted by Crippen LogP contribution is -2.44. The smallest absolute Gasteiger partial charge is 0.404 e. The van der Waals surface area contributed by atoms with Gasteiger partial charge in [0.15, 0.2) is 0 Å². The second-order valence-electron chi connectivity index (χ2n) is 6.78. The number of halogens is 4. The van der Waals surface area contributed by atoms with Crippen molar-refractivity contribution < 1.29 is 17.9 Å². The van der Waals surface area contributed by atoms with Crippen LogP contribution in [-0.4, -0.2) is 29.9 Å². The Morgan fingerprint density at radius 3 is 2.59 bits per heavy atom. The van der Waals surface area contributed by atoms with Crippen molar-refractivity contribution in [3.05, 3.63) is 57.9 Å². The van der Waals surface area contributed by atoms with E-state index in [1.165, 1.54) is 18.3 Å². The highest BCUT2D eigenvalue weighted by Gasteiger charge is 2.51. The van der Waals surface area contributed by atoms with Crippen LogP contribution in [0, 0.1) is 29.6 Å². The number of ether oxygens (including phenoxy) is 1. The van der Waals surface area contributed by atoms with Gasteiger partial charge in [0.2, 0.25) is 0 Å². The lowest BCUT2D eigenvalue weighted by atomic mass is 9.87. The van der Waals surface area contributed by atoms with Crippen molar-refractivity contribution >= 4 is 11.6 Å². The van der Waals surface area contributed by atoms with E-state index in [-0.39, 0.29) is 29.3 Å². The lowest BCUT2D eigenvalue weighted by molar-refractivity contribution is -0.156. The number of benzene rings is 1. The Hall–Kier alpha value is -2.81. The van der Waals surface area contributed by atoms with E-state index in [0.717, 1.165) is 0 Å². The highest BCUT2D eigenvalue weighted by atomic mass is 35.5. The molecular weight excluding hydrogens is 405 g/mol. The Morgan fingerprint density at radius 2 is 2.00 bits per heavy atom. The van der Waals surface area contributed by atoms with Gasteiger partial charge >= 0.3 is 6.18 Å². The molecule has 3 rings (SSSR count). The number of nitriles is 2. The molecule has 0 amide bonds. The molecule has 2 aromatic rings. The Kier molecular flexibility index (Phi) is 5.97. The SMILES string of the molecule is Cc1c(C2C[C@@H](COc3ccc(C#N)nc3)N[C@H]2C(F)(F)F)ccc(C#N)c1Cl. The zero-order chi connectivity index (χ0) is 21.2. The largest absolute Gasteiger partial charge is 0.490 e. The van der Waals surface area contributed by atoms with Crippen molar-refractivity contribution in [1.82, 2.24) is 10.3 Å². The summed E-state index contributed by atoms with van der Waals surface area (Å²) in [6, 6.07) is 7.53. The van der Waals surface area contributed by atoms with Gasteiger partial charge in [-0.25, -0.2) is 4.98 Å². The number of alkyl halides is 3. The van der Waals surface area contributed by atoms with Crippen molar-refractivity contribution in [3.8, 4) is 17.9 Å². The van der Waals surface area contributed by atoms with Crippen LogP contribution in [0.1, 0.15) is 34.7 Å². The summed E-state index contributed by atoms with van der Waals surface area (Å²) in [4.78, 5) is 3.87. The number of pyridine rings is 1. The first-order chi connectivity index (χ1) is 13.7. The summed E-state index contributed by atoms with van der Waals surface area (Å²) < 4.78 is 46.5. The molecule has 9 heteroatoms. The maximum absolute atomic E-state index is 13.7. The van der Waals surface area contributed by atoms with E-state index in [4.69, 9.17) is 26.9 Å². The fraction of sp³-hybridized carbons (Fsp3) is 0.350. The Balaban J connectivity index is 1.79. The van der Waals surface area contributed by atoms with Crippen LogP contribution in [0.15, 0.2) is 30.5 Å². The fourth-order valence-corrected chi connectivity index (χ4v) is 3.76. The summed E-state index contributed by atoms with van der Waals surface area (Å²) in [5.74, 6) is -0.483. The van der Waals surface area contributed by atoms with E-state index < -0.39 is 24.2 Å². The number of nitrogens with zero attached hydrogens (tertiary/aromatic N) is 3. The molecule has 150 valence electrons. The average molecular weight is 421 g/mol. The molecule has 0 saturated carbocycles. The van der Waals surface area contributed by atoms with Gasteiger partial charge in [-0.2, -0.15) is 23.7 Å². The van der Waals surface area contributed by atoms with Crippen molar-refractivity contribution in [3.63, 3.8) is 0 Å². The van der Waals surface area contributed by atoms with E-state index in [2.05, 4.69) is 10.3 Å². The molecule has 1 aromatic carbocycles. The van der Waals surface area contributed by atoms with Gasteiger partial charge in [0.25, 0.3) is 0 Å². The monoisotopic (exact) mass is 420 g/mol. The first kappa shape index (κ1) is 20.9. The minimum absolute atomic E-state index is 0.0136. The van der Waals surface area contributed by atoms with Crippen molar-refractivity contribution in [2.24, 2.45) is 0 Å². The topological polar surface area (TPSA) is 81.7 Å². The molecule has 5 nitrogen and oxygen atoms in total. The van der Waals surface area contributed by atoms with E-state index in [1.807, 2.05) is 12.1 Å². The molecule has 1 aliphatic heterocycles. The molecule has 1 saturated heterocycles. The first-order valence-corrected chi connectivity index (χ1v) is 9.13. The van der Waals surface area contributed by atoms with Crippen LogP contribution in [0.2, 0.25) is 5.02 Å². The van der Waals surface area contributed by atoms with Crippen LogP contribution in [0.25, 0.3) is 0 Å². The van der Waals surface area contributed by atoms with Crippen molar-refractivity contribution in [1.29, 1.82) is 10.5 Å². The van der Waals surface area contributed by atoms with Gasteiger partial charge in [-0.15, -0.1) is 0 Å². The van der Waals surface area contributed by atoms with Gasteiger partial charge in [-0.05, 0) is 42.7 Å². The molecule has 1 N–H and O–H groups in total. The minimum Gasteiger partial charge on any atom is -0.490 e. The second-order valence-corrected chi connectivity index (χ2v) is 7.16. The van der Waals surface area contributed by atoms with Crippen LogP contribution >= 0.6 is 11.6 Å². The standard InChI is InChI=1S/C20H16ClF3N4O/c1-11-16(5-2-12(7-25)18(11)21)17-6-14(28-19(17)20(22,23)24)10-29-15-4-3-13(8-26)27-9-15/h2-5,9,14,17,19,28H,6,10H2,1H3/t14-,17?,19+/m0/s1. The predicted octanol–water partition coefficient (Wildman–Crippen LogP) is 4.24. The molecule has 0 radical (unpaired) electrons. The van der Waals surface area contributed by atoms with Crippen molar-refractivity contribution in [2.45, 2.75) is 37.5 Å². The maximum Gasteiger partial charge on any atom is 0.404 e. The first-order valence-electron chi connectivity index (χ1n) is 8.75. The van der Waals surface area contributed by atoms with Crippen LogP contribution in [-0.2, 0) is 0 Å². The molecule has 0 aliphatic carbocycles. The highest BCUT2D eigenvalue weighted by molar-refractivity contribution is 6.32. The summed E-state index contributed by atoms with van der Waals surface area (Å²) in [6.07, 6.45) is -2.91. The van der Waals surface area contributed by atoms with E-state index in [9.17, 15) is 13.2 Å². The summed E-state index contributed by atoms with van der Waals surface area (Å²) >= 11 is 6.16. The van der Waals surface area contributed by atoms with Gasteiger partial charge < -0.3 is 4.74 Å². The molecule has 3 atom stereocenters. The summed E-state index contributed by atoms with van der Waals surface area (Å²) in [5, 5.41) is 20.6. The van der Waals surface area contributed by atoms with Crippen molar-refractivity contribution in [2.75, 3.05) is 6.61 Å². The number of rotatable bonds is 4. The average Bonchev–Trinajstić information content (AvgIpc) is 3.13. The maximum atomic E-state index is 13.7. The molecule has 29 heavy (non-hydrogen) atoms. The van der Waals surface area contributed by atoms with Gasteiger partial charge in [0.05, 0.1) is 16.8 Å². The molecule has 2 heterocycles. The fourth-order valence-electron chi connectivity index (χ4n) is 3.54. The van der Waals surface area contributed by atoms with E-state index in [0.29, 0.717) is 16.9 Å². The Labute approximate surface area is 170 Å². The van der Waals surface area contributed by atoms with E-state index in [1.54, 1.807) is 19.1 Å². The third kappa shape index (κ3) is 4.45. The normalized spacial score (nSPS) is 21.4. The number of hydrogen-bond donors (Lipinski definition) is 1. The molecule has 0 bridgehead atoms. The van der Waals surface area contributed by atoms with Gasteiger partial charge in [-0.3, -0.25) is 5.32 Å². The summed E-state index contributed by atoms with van der Waals surface area (Å²) in [7, 11) is 0. The predicted molar refractivity (Wildman–Crippen MR) is 99.5 cm³/mol. The zero-order valence-corrected chi connectivity index (χ0v) is 16.1. The van der Waals surface area contributed by atoms with Gasteiger partial charge in [0, 0.05) is 12.0 Å². The summed E-state index contributed by atoms with van der Waals surface area (Å²) in [5.41, 5.74) is 1.40. The molecule has 1 unspecified atom stereocenters. The molecule has 1 aromatic heterocycles. The van der Waals surface area contributed by atoms with Gasteiger partial charge in [-0.1, -0.05) is 17.7 Å². The zero-order valence-electron chi connectivity index (χ0n) is 15.3. The molecular formula is C20H16ClF3N4O. The third-order valence-corrected chi connectivity index (χ3v) is 5.45. The third-order valence-electron chi connectivity index (χ3n) is 4.96. The molecule has 1 aliphatic rings. The minimum atomic E-state index is -4.46. The lowest BCUT2D eigenvalue weighted by Gasteiger charge is -2.24. The number of nitrogens with one attached hydrogen (secondary N) is 1. The van der Waals surface area contributed by atoms with Gasteiger partial charge in [0.1, 0.15) is 36.2 Å². The quantitative estimate of drug-likeness (QED) is 0.800. The molecule has 1 fully saturated rings. The van der Waals surface area contributed by atoms with Crippen LogP contribution in [0.5, 0.6) is 5.75 Å². The number of hydrogen-bond acceptors (Lipinski definition) is 5.